The van der Waals surface area contributed by atoms with Crippen LogP contribution in [0.3, 0.4) is 0 Å². The minimum Gasteiger partial charge on any atom is -0.341 e. The molecule has 0 saturated heterocycles. The first kappa shape index (κ1) is 15.0. The van der Waals surface area contributed by atoms with E-state index in [4.69, 9.17) is 5.73 Å². The Hall–Kier alpha value is -1.35. The molecule has 3 nitrogen and oxygen atoms in total. The largest absolute Gasteiger partial charge is 0.341 e. The number of likely N-dealkylation sites (N-methyl/N-ethyl adjacent to an activating group) is 1. The first-order valence-electron chi connectivity index (χ1n) is 7.72. The lowest BCUT2D eigenvalue weighted by atomic mass is 9.88. The average Bonchev–Trinajstić information content (AvgIpc) is 2.49. The molecule has 20 heavy (non-hydrogen) atoms. The molecule has 3 atom stereocenters. The Bertz CT molecular complexity index is 432. The summed E-state index contributed by atoms with van der Waals surface area (Å²) in [5, 5.41) is 0. The van der Waals surface area contributed by atoms with E-state index in [-0.39, 0.29) is 23.9 Å². The molecule has 3 unspecified atom stereocenters. The highest BCUT2D eigenvalue weighted by atomic mass is 16.2. The monoisotopic (exact) mass is 274 g/mol. The van der Waals surface area contributed by atoms with E-state index in [0.29, 0.717) is 0 Å². The minimum atomic E-state index is -0.0460. The van der Waals surface area contributed by atoms with Crippen molar-refractivity contribution in [2.75, 3.05) is 7.05 Å². The number of rotatable bonds is 4. The summed E-state index contributed by atoms with van der Waals surface area (Å²) >= 11 is 0. The maximum atomic E-state index is 12.8. The summed E-state index contributed by atoms with van der Waals surface area (Å²) in [7, 11) is 1.92. The molecule has 1 saturated carbocycles. The quantitative estimate of drug-likeness (QED) is 0.917. The van der Waals surface area contributed by atoms with Crippen molar-refractivity contribution >= 4 is 5.91 Å². The molecule has 2 rings (SSSR count). The average molecular weight is 274 g/mol. The number of amides is 1. The summed E-state index contributed by atoms with van der Waals surface area (Å²) in [5.41, 5.74) is 7.31. The van der Waals surface area contributed by atoms with Crippen LogP contribution in [0.2, 0.25) is 0 Å². The van der Waals surface area contributed by atoms with Gasteiger partial charge in [0.25, 0.3) is 0 Å². The summed E-state index contributed by atoms with van der Waals surface area (Å²) in [4.78, 5) is 14.7. The Morgan fingerprint density at radius 2 is 1.95 bits per heavy atom. The topological polar surface area (TPSA) is 46.3 Å². The summed E-state index contributed by atoms with van der Waals surface area (Å²) in [5.74, 6) is 0.163. The zero-order chi connectivity index (χ0) is 14.5. The number of hydrogen-bond acceptors (Lipinski definition) is 2. The van der Waals surface area contributed by atoms with Crippen molar-refractivity contribution in [1.29, 1.82) is 0 Å². The van der Waals surface area contributed by atoms with E-state index in [0.717, 1.165) is 24.8 Å². The molecular weight excluding hydrogens is 248 g/mol. The molecule has 0 aromatic heterocycles. The molecule has 1 aromatic carbocycles. The van der Waals surface area contributed by atoms with E-state index >= 15 is 0 Å². The third kappa shape index (κ3) is 3.21. The Labute approximate surface area is 122 Å². The van der Waals surface area contributed by atoms with Crippen LogP contribution in [0.1, 0.15) is 50.5 Å². The van der Waals surface area contributed by atoms with Gasteiger partial charge in [0.15, 0.2) is 0 Å². The van der Waals surface area contributed by atoms with Crippen molar-refractivity contribution in [3.63, 3.8) is 0 Å². The molecule has 0 spiro atoms. The van der Waals surface area contributed by atoms with E-state index in [1.165, 1.54) is 12.8 Å². The van der Waals surface area contributed by atoms with Gasteiger partial charge < -0.3 is 10.6 Å². The van der Waals surface area contributed by atoms with Gasteiger partial charge >= 0.3 is 0 Å². The zero-order valence-corrected chi connectivity index (χ0v) is 12.6. The van der Waals surface area contributed by atoms with Crippen LogP contribution in [0.5, 0.6) is 0 Å². The fourth-order valence-electron chi connectivity index (χ4n) is 3.27. The lowest BCUT2D eigenvalue weighted by molar-refractivity contribution is -0.134. The Balaban J connectivity index is 2.12. The molecule has 1 aliphatic carbocycles. The van der Waals surface area contributed by atoms with Crippen molar-refractivity contribution in [3.05, 3.63) is 35.9 Å². The van der Waals surface area contributed by atoms with Crippen molar-refractivity contribution < 1.29 is 4.79 Å². The van der Waals surface area contributed by atoms with Crippen molar-refractivity contribution in [3.8, 4) is 0 Å². The first-order valence-corrected chi connectivity index (χ1v) is 7.72. The zero-order valence-electron chi connectivity index (χ0n) is 12.6. The second-order valence-electron chi connectivity index (χ2n) is 5.84. The molecule has 1 amide bonds. The third-order valence-corrected chi connectivity index (χ3v) is 4.53. The molecule has 0 bridgehead atoms. The van der Waals surface area contributed by atoms with Crippen LogP contribution in [-0.4, -0.2) is 29.9 Å². The maximum absolute atomic E-state index is 12.8. The second kappa shape index (κ2) is 6.89. The smallest absolute Gasteiger partial charge is 0.230 e. The molecule has 0 radical (unpaired) electrons. The van der Waals surface area contributed by atoms with Gasteiger partial charge in [0.05, 0.1) is 5.92 Å². The standard InChI is InChI=1S/C17H26N2O/c1-3-14(13-9-5-4-6-10-13)17(20)19(2)16-12-8-7-11-15(16)18/h4-6,9-10,14-16H,3,7-8,11-12,18H2,1-2H3. The fraction of sp³-hybridized carbons (Fsp3) is 0.588. The Morgan fingerprint density at radius 1 is 1.30 bits per heavy atom. The van der Waals surface area contributed by atoms with Gasteiger partial charge in [-0.15, -0.1) is 0 Å². The molecule has 3 heteroatoms. The van der Waals surface area contributed by atoms with Crippen LogP contribution in [0.25, 0.3) is 0 Å². The highest BCUT2D eigenvalue weighted by Crippen LogP contribution is 2.26. The van der Waals surface area contributed by atoms with E-state index in [2.05, 4.69) is 6.92 Å². The number of carbonyl (C=O) groups excluding carboxylic acids is 1. The van der Waals surface area contributed by atoms with Gasteiger partial charge in [-0.3, -0.25) is 4.79 Å². The van der Waals surface area contributed by atoms with E-state index in [9.17, 15) is 4.79 Å². The Morgan fingerprint density at radius 3 is 2.55 bits per heavy atom. The van der Waals surface area contributed by atoms with Gasteiger partial charge in [0.1, 0.15) is 0 Å². The van der Waals surface area contributed by atoms with Crippen LogP contribution in [0.15, 0.2) is 30.3 Å². The van der Waals surface area contributed by atoms with Crippen LogP contribution >= 0.6 is 0 Å². The normalized spacial score (nSPS) is 24.1. The molecular formula is C17H26N2O. The van der Waals surface area contributed by atoms with Gasteiger partial charge in [-0.05, 0) is 24.8 Å². The minimum absolute atomic E-state index is 0.0460. The highest BCUT2D eigenvalue weighted by Gasteiger charge is 2.31. The van der Waals surface area contributed by atoms with Crippen molar-refractivity contribution in [1.82, 2.24) is 4.90 Å². The number of carbonyl (C=O) groups is 1. The lowest BCUT2D eigenvalue weighted by Crippen LogP contribution is -2.51. The maximum Gasteiger partial charge on any atom is 0.230 e. The molecule has 0 heterocycles. The molecule has 110 valence electrons. The number of nitrogens with zero attached hydrogens (tertiary/aromatic N) is 1. The van der Waals surface area contributed by atoms with Crippen molar-refractivity contribution in [2.24, 2.45) is 5.73 Å². The summed E-state index contributed by atoms with van der Waals surface area (Å²) in [6, 6.07) is 10.4. The van der Waals surface area contributed by atoms with Crippen LogP contribution < -0.4 is 5.73 Å². The first-order chi connectivity index (χ1) is 9.65. The third-order valence-electron chi connectivity index (χ3n) is 4.53. The van der Waals surface area contributed by atoms with Gasteiger partial charge in [0.2, 0.25) is 5.91 Å². The van der Waals surface area contributed by atoms with Crippen LogP contribution in [-0.2, 0) is 4.79 Å². The predicted molar refractivity (Wildman–Crippen MR) is 82.5 cm³/mol. The number of nitrogens with two attached hydrogens (primary N) is 1. The summed E-state index contributed by atoms with van der Waals surface area (Å²) < 4.78 is 0. The molecule has 1 fully saturated rings. The number of hydrogen-bond donors (Lipinski definition) is 1. The van der Waals surface area contributed by atoms with Gasteiger partial charge in [-0.1, -0.05) is 50.1 Å². The second-order valence-corrected chi connectivity index (χ2v) is 5.84. The molecule has 2 N–H and O–H groups in total. The van der Waals surface area contributed by atoms with E-state index in [1.807, 2.05) is 42.3 Å². The van der Waals surface area contributed by atoms with Crippen LogP contribution in [0.4, 0.5) is 0 Å². The molecule has 0 aliphatic heterocycles. The summed E-state index contributed by atoms with van der Waals surface area (Å²) in [6.45, 7) is 2.07. The predicted octanol–water partition coefficient (Wildman–Crippen LogP) is 2.91. The van der Waals surface area contributed by atoms with Gasteiger partial charge in [-0.25, -0.2) is 0 Å². The summed E-state index contributed by atoms with van der Waals surface area (Å²) in [6.07, 6.45) is 5.27. The lowest BCUT2D eigenvalue weighted by Gasteiger charge is -2.37. The number of benzene rings is 1. The van der Waals surface area contributed by atoms with E-state index < -0.39 is 0 Å². The van der Waals surface area contributed by atoms with Gasteiger partial charge in [-0.2, -0.15) is 0 Å². The molecule has 1 aromatic rings. The highest BCUT2D eigenvalue weighted by molar-refractivity contribution is 5.83. The Kier molecular flexibility index (Phi) is 5.18. The van der Waals surface area contributed by atoms with Crippen molar-refractivity contribution in [2.45, 2.75) is 57.0 Å². The SMILES string of the molecule is CCC(C(=O)N(C)C1CCCCC1N)c1ccccc1. The van der Waals surface area contributed by atoms with Gasteiger partial charge in [0, 0.05) is 19.1 Å². The van der Waals surface area contributed by atoms with Crippen LogP contribution in [0, 0.1) is 0 Å². The fourth-order valence-corrected chi connectivity index (χ4v) is 3.27. The molecule has 1 aliphatic rings. The van der Waals surface area contributed by atoms with E-state index in [1.54, 1.807) is 0 Å².